The Hall–Kier alpha value is -2.35. The SMILES string of the molecule is CC(C)CC(=O)[C@H](OC(N)=O)C(c1ccc(C#N)cc1)C(C)(C)C. The number of ketones is 1. The van der Waals surface area contributed by atoms with E-state index in [4.69, 9.17) is 15.7 Å². The molecule has 0 bridgehead atoms. The van der Waals surface area contributed by atoms with Gasteiger partial charge in [-0.25, -0.2) is 4.79 Å². The van der Waals surface area contributed by atoms with Crippen molar-refractivity contribution in [3.05, 3.63) is 35.4 Å². The van der Waals surface area contributed by atoms with Crippen LogP contribution < -0.4 is 5.73 Å². The van der Waals surface area contributed by atoms with Crippen molar-refractivity contribution in [1.82, 2.24) is 0 Å². The van der Waals surface area contributed by atoms with E-state index < -0.39 is 12.2 Å². The van der Waals surface area contributed by atoms with Crippen molar-refractivity contribution in [1.29, 1.82) is 5.26 Å². The molecule has 0 fully saturated rings. The highest BCUT2D eigenvalue weighted by Crippen LogP contribution is 2.40. The number of carbonyl (C=O) groups excluding carboxylic acids is 2. The Morgan fingerprint density at radius 3 is 2.12 bits per heavy atom. The number of carbonyl (C=O) groups is 2. The highest BCUT2D eigenvalue weighted by molar-refractivity contribution is 5.86. The molecule has 2 N–H and O–H groups in total. The van der Waals surface area contributed by atoms with Gasteiger partial charge in [0.05, 0.1) is 11.6 Å². The van der Waals surface area contributed by atoms with Gasteiger partial charge < -0.3 is 10.5 Å². The van der Waals surface area contributed by atoms with Crippen LogP contribution >= 0.6 is 0 Å². The minimum atomic E-state index is -0.958. The number of hydrogen-bond acceptors (Lipinski definition) is 4. The molecule has 5 nitrogen and oxygen atoms in total. The molecule has 1 aromatic rings. The molecule has 2 atom stereocenters. The second kappa shape index (κ2) is 7.96. The average Bonchev–Trinajstić information content (AvgIpc) is 2.44. The van der Waals surface area contributed by atoms with Crippen LogP contribution in [0.2, 0.25) is 0 Å². The summed E-state index contributed by atoms with van der Waals surface area (Å²) in [6, 6.07) is 9.06. The van der Waals surface area contributed by atoms with Crippen LogP contribution in [0.1, 0.15) is 58.1 Å². The zero-order valence-corrected chi connectivity index (χ0v) is 15.0. The third kappa shape index (κ3) is 5.38. The van der Waals surface area contributed by atoms with Crippen LogP contribution in [-0.4, -0.2) is 18.0 Å². The second-order valence-corrected chi connectivity index (χ2v) is 7.50. The molecule has 1 unspecified atom stereocenters. The third-order valence-corrected chi connectivity index (χ3v) is 3.80. The first-order valence-corrected chi connectivity index (χ1v) is 8.05. The van der Waals surface area contributed by atoms with Crippen LogP contribution in [0.3, 0.4) is 0 Å². The fourth-order valence-corrected chi connectivity index (χ4v) is 2.86. The number of nitrogens with zero attached hydrogens (tertiary/aromatic N) is 1. The van der Waals surface area contributed by atoms with Gasteiger partial charge in [0.1, 0.15) is 0 Å². The first kappa shape index (κ1) is 19.7. The summed E-state index contributed by atoms with van der Waals surface area (Å²) in [5.41, 5.74) is 6.24. The lowest BCUT2D eigenvalue weighted by atomic mass is 9.71. The summed E-state index contributed by atoms with van der Waals surface area (Å²) in [5, 5.41) is 8.95. The maximum absolute atomic E-state index is 12.7. The van der Waals surface area contributed by atoms with Gasteiger partial charge in [0, 0.05) is 12.3 Å². The molecule has 0 spiro atoms. The summed E-state index contributed by atoms with van der Waals surface area (Å²) in [7, 11) is 0. The minimum Gasteiger partial charge on any atom is -0.438 e. The minimum absolute atomic E-state index is 0.145. The van der Waals surface area contributed by atoms with E-state index in [1.807, 2.05) is 34.6 Å². The van der Waals surface area contributed by atoms with Gasteiger partial charge in [0.15, 0.2) is 11.9 Å². The molecule has 5 heteroatoms. The van der Waals surface area contributed by atoms with E-state index in [0.717, 1.165) is 5.56 Å². The van der Waals surface area contributed by atoms with Crippen molar-refractivity contribution in [3.8, 4) is 6.07 Å². The number of Topliss-reactive ketones (excluding diaryl/α,β-unsaturated/α-hetero) is 1. The highest BCUT2D eigenvalue weighted by atomic mass is 16.6. The first-order chi connectivity index (χ1) is 11.1. The smallest absolute Gasteiger partial charge is 0.405 e. The van der Waals surface area contributed by atoms with Gasteiger partial charge >= 0.3 is 6.09 Å². The molecule has 0 aliphatic rings. The fraction of sp³-hybridized carbons (Fsp3) is 0.526. The Balaban J connectivity index is 3.33. The van der Waals surface area contributed by atoms with E-state index in [1.165, 1.54) is 0 Å². The molecule has 1 rings (SSSR count). The van der Waals surface area contributed by atoms with Gasteiger partial charge in [0.2, 0.25) is 0 Å². The number of hydrogen-bond donors (Lipinski definition) is 1. The maximum atomic E-state index is 12.7. The molecule has 0 aliphatic heterocycles. The van der Waals surface area contributed by atoms with E-state index in [2.05, 4.69) is 6.07 Å². The summed E-state index contributed by atoms with van der Waals surface area (Å²) in [4.78, 5) is 24.1. The number of ether oxygens (including phenoxy) is 1. The third-order valence-electron chi connectivity index (χ3n) is 3.80. The quantitative estimate of drug-likeness (QED) is 0.859. The molecular weight excluding hydrogens is 304 g/mol. The van der Waals surface area contributed by atoms with Crippen LogP contribution in [0.4, 0.5) is 4.79 Å². The lowest BCUT2D eigenvalue weighted by Gasteiger charge is -2.36. The van der Waals surface area contributed by atoms with Crippen LogP contribution in [-0.2, 0) is 9.53 Å². The maximum Gasteiger partial charge on any atom is 0.405 e. The summed E-state index contributed by atoms with van der Waals surface area (Å²) in [5.74, 6) is -0.352. The number of rotatable bonds is 6. The van der Waals surface area contributed by atoms with Crippen molar-refractivity contribution >= 4 is 11.9 Å². The monoisotopic (exact) mass is 330 g/mol. The zero-order chi connectivity index (χ0) is 18.5. The topological polar surface area (TPSA) is 93.2 Å². The summed E-state index contributed by atoms with van der Waals surface area (Å²) in [6.07, 6.45) is -1.60. The van der Waals surface area contributed by atoms with Crippen molar-refractivity contribution < 1.29 is 14.3 Å². The van der Waals surface area contributed by atoms with E-state index in [0.29, 0.717) is 12.0 Å². The van der Waals surface area contributed by atoms with Crippen LogP contribution in [0, 0.1) is 22.7 Å². The number of nitrogens with two attached hydrogens (primary N) is 1. The Morgan fingerprint density at radius 1 is 1.21 bits per heavy atom. The molecule has 0 saturated heterocycles. The van der Waals surface area contributed by atoms with Gasteiger partial charge in [-0.2, -0.15) is 5.26 Å². The van der Waals surface area contributed by atoms with Gasteiger partial charge in [-0.3, -0.25) is 4.79 Å². The Labute approximate surface area is 143 Å². The van der Waals surface area contributed by atoms with E-state index in [-0.39, 0.29) is 23.0 Å². The molecule has 0 saturated carbocycles. The molecule has 0 radical (unpaired) electrons. The molecular formula is C19H26N2O3. The summed E-state index contributed by atoms with van der Waals surface area (Å²) >= 11 is 0. The van der Waals surface area contributed by atoms with Gasteiger partial charge in [-0.05, 0) is 29.0 Å². The Kier molecular flexibility index (Phi) is 6.53. The number of primary amides is 1. The van der Waals surface area contributed by atoms with Gasteiger partial charge in [0.25, 0.3) is 0 Å². The van der Waals surface area contributed by atoms with Crippen molar-refractivity contribution in [2.75, 3.05) is 0 Å². The van der Waals surface area contributed by atoms with E-state index in [9.17, 15) is 9.59 Å². The average molecular weight is 330 g/mol. The van der Waals surface area contributed by atoms with Crippen molar-refractivity contribution in [3.63, 3.8) is 0 Å². The van der Waals surface area contributed by atoms with Crippen LogP contribution in [0.15, 0.2) is 24.3 Å². The van der Waals surface area contributed by atoms with Crippen molar-refractivity contribution in [2.45, 2.75) is 53.1 Å². The Bertz CT molecular complexity index is 621. The summed E-state index contributed by atoms with van der Waals surface area (Å²) in [6.45, 7) is 9.82. The zero-order valence-electron chi connectivity index (χ0n) is 15.0. The molecule has 130 valence electrons. The van der Waals surface area contributed by atoms with Crippen molar-refractivity contribution in [2.24, 2.45) is 17.1 Å². The standard InChI is InChI=1S/C19H26N2O3/c1-12(2)10-15(22)17(24-18(21)23)16(19(3,4)5)14-8-6-13(11-20)7-9-14/h6-9,12,16-17H,10H2,1-5H3,(H2,21,23)/t16?,17-/m0/s1. The predicted molar refractivity (Wildman–Crippen MR) is 92.3 cm³/mol. The highest BCUT2D eigenvalue weighted by Gasteiger charge is 2.40. The fourth-order valence-electron chi connectivity index (χ4n) is 2.86. The van der Waals surface area contributed by atoms with Crippen LogP contribution in [0.25, 0.3) is 0 Å². The van der Waals surface area contributed by atoms with E-state index in [1.54, 1.807) is 24.3 Å². The molecule has 0 aliphatic carbocycles. The lowest BCUT2D eigenvalue weighted by Crippen LogP contribution is -2.41. The molecule has 24 heavy (non-hydrogen) atoms. The normalized spacial score (nSPS) is 13.9. The number of nitriles is 1. The molecule has 0 aromatic heterocycles. The second-order valence-electron chi connectivity index (χ2n) is 7.50. The van der Waals surface area contributed by atoms with Crippen LogP contribution in [0.5, 0.6) is 0 Å². The van der Waals surface area contributed by atoms with Gasteiger partial charge in [-0.1, -0.05) is 46.8 Å². The van der Waals surface area contributed by atoms with E-state index >= 15 is 0 Å². The first-order valence-electron chi connectivity index (χ1n) is 8.05. The summed E-state index contributed by atoms with van der Waals surface area (Å²) < 4.78 is 5.24. The van der Waals surface area contributed by atoms with Gasteiger partial charge in [-0.15, -0.1) is 0 Å². The number of amides is 1. The number of benzene rings is 1. The Morgan fingerprint density at radius 2 is 1.75 bits per heavy atom. The molecule has 1 aromatic carbocycles. The largest absolute Gasteiger partial charge is 0.438 e. The molecule has 1 amide bonds. The predicted octanol–water partition coefficient (Wildman–Crippen LogP) is 3.77. The lowest BCUT2D eigenvalue weighted by molar-refractivity contribution is -0.130. The molecule has 0 heterocycles.